The fourth-order valence-corrected chi connectivity index (χ4v) is 2.56. The van der Waals surface area contributed by atoms with E-state index in [2.05, 4.69) is 33.8 Å². The number of aliphatic imine (C=N–C) groups is 1. The average Bonchev–Trinajstić information content (AvgIpc) is 2.45. The van der Waals surface area contributed by atoms with Crippen molar-refractivity contribution in [2.24, 2.45) is 4.99 Å². The number of ether oxygens (including phenoxy) is 2. The molecule has 21 heavy (non-hydrogen) atoms. The fraction of sp³-hybridized carbons (Fsp3) is 0.867. The lowest BCUT2D eigenvalue weighted by molar-refractivity contribution is -0.140. The van der Waals surface area contributed by atoms with Crippen LogP contribution in [0.25, 0.3) is 0 Å². The molecule has 2 atom stereocenters. The van der Waals surface area contributed by atoms with Gasteiger partial charge in [0.1, 0.15) is 0 Å². The van der Waals surface area contributed by atoms with Gasteiger partial charge in [-0.3, -0.25) is 9.79 Å². The number of unbranched alkanes of at least 4 members (excludes halogenated alkanes) is 2. The first kappa shape index (κ1) is 17.8. The van der Waals surface area contributed by atoms with Crippen molar-refractivity contribution in [1.29, 1.82) is 0 Å². The van der Waals surface area contributed by atoms with E-state index in [1.54, 1.807) is 0 Å². The summed E-state index contributed by atoms with van der Waals surface area (Å²) >= 11 is 0. The molecule has 0 aromatic carbocycles. The molecule has 1 fully saturated rings. The molecule has 1 rings (SSSR count). The SMILES string of the molecule is CN=C(NCCCCCC(=O)OC)N1CC(C)OC(C)C1. The largest absolute Gasteiger partial charge is 0.469 e. The van der Waals surface area contributed by atoms with Gasteiger partial charge in [0, 0.05) is 33.1 Å². The summed E-state index contributed by atoms with van der Waals surface area (Å²) in [5, 5.41) is 3.39. The van der Waals surface area contributed by atoms with Gasteiger partial charge in [-0.1, -0.05) is 6.42 Å². The Morgan fingerprint density at radius 3 is 2.52 bits per heavy atom. The van der Waals surface area contributed by atoms with Gasteiger partial charge in [-0.05, 0) is 26.7 Å². The van der Waals surface area contributed by atoms with E-state index in [0.29, 0.717) is 6.42 Å². The van der Waals surface area contributed by atoms with Gasteiger partial charge in [-0.2, -0.15) is 0 Å². The van der Waals surface area contributed by atoms with E-state index in [1.807, 2.05) is 7.05 Å². The molecule has 6 heteroatoms. The van der Waals surface area contributed by atoms with Crippen molar-refractivity contribution in [3.8, 4) is 0 Å². The first-order valence-electron chi connectivity index (χ1n) is 7.74. The molecule has 0 amide bonds. The van der Waals surface area contributed by atoms with E-state index < -0.39 is 0 Å². The molecular weight excluding hydrogens is 270 g/mol. The Morgan fingerprint density at radius 2 is 1.95 bits per heavy atom. The van der Waals surface area contributed by atoms with Gasteiger partial charge in [0.25, 0.3) is 0 Å². The highest BCUT2D eigenvalue weighted by Crippen LogP contribution is 2.10. The van der Waals surface area contributed by atoms with Crippen LogP contribution in [0, 0.1) is 0 Å². The molecule has 0 bridgehead atoms. The normalized spacial score (nSPS) is 23.0. The van der Waals surface area contributed by atoms with Crippen LogP contribution in [0.1, 0.15) is 39.5 Å². The number of hydrogen-bond acceptors (Lipinski definition) is 4. The van der Waals surface area contributed by atoms with E-state index in [4.69, 9.17) is 4.74 Å². The van der Waals surface area contributed by atoms with Crippen LogP contribution in [0.3, 0.4) is 0 Å². The van der Waals surface area contributed by atoms with Crippen molar-refractivity contribution in [1.82, 2.24) is 10.2 Å². The molecule has 1 saturated heterocycles. The van der Waals surface area contributed by atoms with E-state index >= 15 is 0 Å². The number of morpholine rings is 1. The molecule has 0 aromatic heterocycles. The number of esters is 1. The zero-order valence-corrected chi connectivity index (χ0v) is 13.7. The third-order valence-corrected chi connectivity index (χ3v) is 3.50. The van der Waals surface area contributed by atoms with Crippen molar-refractivity contribution >= 4 is 11.9 Å². The summed E-state index contributed by atoms with van der Waals surface area (Å²) in [4.78, 5) is 17.6. The first-order valence-corrected chi connectivity index (χ1v) is 7.74. The quantitative estimate of drug-likeness (QED) is 0.348. The zero-order valence-electron chi connectivity index (χ0n) is 13.7. The summed E-state index contributed by atoms with van der Waals surface area (Å²) in [6.07, 6.45) is 3.86. The number of carbonyl (C=O) groups excluding carboxylic acids is 1. The Balaban J connectivity index is 2.21. The lowest BCUT2D eigenvalue weighted by Crippen LogP contribution is -2.52. The molecule has 2 unspecified atom stereocenters. The van der Waals surface area contributed by atoms with Crippen LogP contribution in [0.15, 0.2) is 4.99 Å². The Hall–Kier alpha value is -1.30. The minimum Gasteiger partial charge on any atom is -0.469 e. The van der Waals surface area contributed by atoms with Crippen LogP contribution in [0.4, 0.5) is 0 Å². The number of guanidine groups is 1. The van der Waals surface area contributed by atoms with Crippen molar-refractivity contribution in [2.75, 3.05) is 33.8 Å². The lowest BCUT2D eigenvalue weighted by Gasteiger charge is -2.37. The molecule has 1 aliphatic rings. The van der Waals surface area contributed by atoms with Gasteiger partial charge < -0.3 is 19.7 Å². The number of carbonyl (C=O) groups is 1. The standard InChI is InChI=1S/C15H29N3O3/c1-12-10-18(11-13(2)21-12)15(16-3)17-9-7-5-6-8-14(19)20-4/h12-13H,5-11H2,1-4H3,(H,16,17). The molecular formula is C15H29N3O3. The molecule has 122 valence electrons. The second-order valence-corrected chi connectivity index (χ2v) is 5.52. The van der Waals surface area contributed by atoms with Gasteiger partial charge in [0.05, 0.1) is 19.3 Å². The van der Waals surface area contributed by atoms with Crippen molar-refractivity contribution in [2.45, 2.75) is 51.7 Å². The van der Waals surface area contributed by atoms with Crippen LogP contribution in [0.5, 0.6) is 0 Å². The third-order valence-electron chi connectivity index (χ3n) is 3.50. The van der Waals surface area contributed by atoms with Crippen LogP contribution in [0.2, 0.25) is 0 Å². The highest BCUT2D eigenvalue weighted by molar-refractivity contribution is 5.80. The minimum absolute atomic E-state index is 0.130. The predicted molar refractivity (Wildman–Crippen MR) is 83.4 cm³/mol. The zero-order chi connectivity index (χ0) is 15.7. The molecule has 1 aliphatic heterocycles. The van der Waals surface area contributed by atoms with Crippen molar-refractivity contribution in [3.05, 3.63) is 0 Å². The average molecular weight is 299 g/mol. The molecule has 0 aromatic rings. The van der Waals surface area contributed by atoms with Crippen molar-refractivity contribution in [3.63, 3.8) is 0 Å². The third kappa shape index (κ3) is 6.80. The second kappa shape index (κ2) is 9.60. The summed E-state index contributed by atoms with van der Waals surface area (Å²) in [6.45, 7) is 6.78. The van der Waals surface area contributed by atoms with Crippen LogP contribution < -0.4 is 5.32 Å². The molecule has 6 nitrogen and oxygen atoms in total. The summed E-state index contributed by atoms with van der Waals surface area (Å²) in [5.41, 5.74) is 0. The van der Waals surface area contributed by atoms with Gasteiger partial charge in [-0.15, -0.1) is 0 Å². The van der Waals surface area contributed by atoms with Gasteiger partial charge in [-0.25, -0.2) is 0 Å². The number of rotatable bonds is 6. The summed E-state index contributed by atoms with van der Waals surface area (Å²) < 4.78 is 10.4. The van der Waals surface area contributed by atoms with Crippen LogP contribution in [-0.4, -0.2) is 62.8 Å². The van der Waals surface area contributed by atoms with Gasteiger partial charge in [0.2, 0.25) is 0 Å². The van der Waals surface area contributed by atoms with E-state index in [-0.39, 0.29) is 18.2 Å². The predicted octanol–water partition coefficient (Wildman–Crippen LogP) is 1.40. The van der Waals surface area contributed by atoms with Crippen LogP contribution >= 0.6 is 0 Å². The maximum absolute atomic E-state index is 11.0. The summed E-state index contributed by atoms with van der Waals surface area (Å²) in [6, 6.07) is 0. The molecule has 0 saturated carbocycles. The fourth-order valence-electron chi connectivity index (χ4n) is 2.56. The molecule has 1 heterocycles. The van der Waals surface area contributed by atoms with Gasteiger partial charge >= 0.3 is 5.97 Å². The Bertz CT molecular complexity index is 337. The highest BCUT2D eigenvalue weighted by Gasteiger charge is 2.24. The topological polar surface area (TPSA) is 63.2 Å². The Labute approximate surface area is 127 Å². The maximum atomic E-state index is 11.0. The number of nitrogens with one attached hydrogen (secondary N) is 1. The van der Waals surface area contributed by atoms with Crippen molar-refractivity contribution < 1.29 is 14.3 Å². The number of nitrogens with zero attached hydrogens (tertiary/aromatic N) is 2. The molecule has 1 N–H and O–H groups in total. The number of methoxy groups -OCH3 is 1. The Morgan fingerprint density at radius 1 is 1.29 bits per heavy atom. The van der Waals surface area contributed by atoms with Crippen LogP contribution in [-0.2, 0) is 14.3 Å². The summed E-state index contributed by atoms with van der Waals surface area (Å²) in [7, 11) is 3.24. The first-order chi connectivity index (χ1) is 10.1. The highest BCUT2D eigenvalue weighted by atomic mass is 16.5. The Kier molecular flexibility index (Phi) is 8.12. The second-order valence-electron chi connectivity index (χ2n) is 5.52. The molecule has 0 radical (unpaired) electrons. The van der Waals surface area contributed by atoms with E-state index in [9.17, 15) is 4.79 Å². The number of hydrogen-bond donors (Lipinski definition) is 1. The van der Waals surface area contributed by atoms with E-state index in [0.717, 1.165) is 44.9 Å². The lowest BCUT2D eigenvalue weighted by atomic mass is 10.2. The molecule has 0 aliphatic carbocycles. The smallest absolute Gasteiger partial charge is 0.305 e. The monoisotopic (exact) mass is 299 g/mol. The molecule has 0 spiro atoms. The maximum Gasteiger partial charge on any atom is 0.305 e. The summed E-state index contributed by atoms with van der Waals surface area (Å²) in [5.74, 6) is 0.806. The minimum atomic E-state index is -0.130. The van der Waals surface area contributed by atoms with E-state index in [1.165, 1.54) is 7.11 Å². The van der Waals surface area contributed by atoms with Gasteiger partial charge in [0.15, 0.2) is 5.96 Å².